The van der Waals surface area contributed by atoms with E-state index in [2.05, 4.69) is 33.8 Å². The van der Waals surface area contributed by atoms with Crippen molar-refractivity contribution in [3.8, 4) is 11.5 Å². The third kappa shape index (κ3) is 6.37. The minimum Gasteiger partial charge on any atom is -0.459 e. The molecule has 1 saturated heterocycles. The maximum absolute atomic E-state index is 12.8. The lowest BCUT2D eigenvalue weighted by Gasteiger charge is -2.28. The van der Waals surface area contributed by atoms with Crippen LogP contribution in [0.4, 0.5) is 5.82 Å². The van der Waals surface area contributed by atoms with Gasteiger partial charge in [0.15, 0.2) is 0 Å². The van der Waals surface area contributed by atoms with Gasteiger partial charge in [-0.05, 0) is 87.3 Å². The lowest BCUT2D eigenvalue weighted by atomic mass is 10.1. The highest BCUT2D eigenvalue weighted by atomic mass is 35.5. The summed E-state index contributed by atoms with van der Waals surface area (Å²) in [6, 6.07) is 17.8. The van der Waals surface area contributed by atoms with Crippen LogP contribution in [0.3, 0.4) is 0 Å². The number of anilines is 1. The number of esters is 1. The van der Waals surface area contributed by atoms with Gasteiger partial charge < -0.3 is 14.4 Å². The Balaban J connectivity index is 1.45. The Bertz CT molecular complexity index is 1180. The van der Waals surface area contributed by atoms with Gasteiger partial charge in [0, 0.05) is 36.9 Å². The number of benzene rings is 2. The third-order valence-corrected chi connectivity index (χ3v) is 6.66. The molecule has 2 heterocycles. The average Bonchev–Trinajstić information content (AvgIpc) is 3.33. The summed E-state index contributed by atoms with van der Waals surface area (Å²) in [5.74, 6) is 1.97. The van der Waals surface area contributed by atoms with E-state index in [0.717, 1.165) is 55.5 Å². The van der Waals surface area contributed by atoms with E-state index in [0.29, 0.717) is 16.6 Å². The summed E-state index contributed by atoms with van der Waals surface area (Å²) in [6.45, 7) is 11.3. The minimum absolute atomic E-state index is 0.175. The number of aromatic nitrogens is 1. The number of pyridine rings is 1. The monoisotopic (exact) mass is 507 g/mol. The van der Waals surface area contributed by atoms with Crippen molar-refractivity contribution in [3.63, 3.8) is 0 Å². The number of rotatable bonds is 9. The molecule has 1 aliphatic heterocycles. The van der Waals surface area contributed by atoms with Crippen molar-refractivity contribution in [2.24, 2.45) is 0 Å². The smallest absolute Gasteiger partial charge is 0.342 e. The number of ether oxygens (including phenoxy) is 2. The Hall–Kier alpha value is -3.09. The Morgan fingerprint density at radius 3 is 2.67 bits per heavy atom. The summed E-state index contributed by atoms with van der Waals surface area (Å²) in [5.41, 5.74) is 2.65. The van der Waals surface area contributed by atoms with E-state index < -0.39 is 0 Å². The van der Waals surface area contributed by atoms with Crippen molar-refractivity contribution in [1.82, 2.24) is 9.88 Å². The molecule has 0 saturated carbocycles. The second-order valence-electron chi connectivity index (χ2n) is 9.44. The Morgan fingerprint density at radius 2 is 1.94 bits per heavy atom. The number of carbonyl (C=O) groups excluding carboxylic acids is 1. The molecule has 4 rings (SSSR count). The maximum Gasteiger partial charge on any atom is 0.342 e. The van der Waals surface area contributed by atoms with E-state index in [4.69, 9.17) is 21.1 Å². The number of nitrogens with zero attached hydrogens (tertiary/aromatic N) is 3. The molecular weight excluding hydrogens is 474 g/mol. The molecule has 0 unspecified atom stereocenters. The Labute approximate surface area is 218 Å². The molecule has 0 N–H and O–H groups in total. The molecule has 6 nitrogen and oxygen atoms in total. The molecule has 0 aliphatic carbocycles. The first-order chi connectivity index (χ1) is 17.3. The zero-order valence-electron chi connectivity index (χ0n) is 21.4. The molecule has 3 aromatic rings. The van der Waals surface area contributed by atoms with Crippen LogP contribution in [0.2, 0.25) is 5.02 Å². The summed E-state index contributed by atoms with van der Waals surface area (Å²) >= 11 is 5.98. The minimum atomic E-state index is -0.307. The average molecular weight is 508 g/mol. The molecule has 0 radical (unpaired) electrons. The summed E-state index contributed by atoms with van der Waals surface area (Å²) in [7, 11) is 0. The molecule has 2 aromatic carbocycles. The van der Waals surface area contributed by atoms with Gasteiger partial charge in [0.05, 0.1) is 6.10 Å². The Morgan fingerprint density at radius 1 is 1.17 bits per heavy atom. The zero-order chi connectivity index (χ0) is 25.7. The molecule has 0 amide bonds. The van der Waals surface area contributed by atoms with E-state index in [1.54, 1.807) is 6.20 Å². The maximum atomic E-state index is 12.8. The van der Waals surface area contributed by atoms with E-state index in [1.807, 2.05) is 63.2 Å². The molecule has 0 bridgehead atoms. The van der Waals surface area contributed by atoms with Crippen LogP contribution in [0.5, 0.6) is 11.5 Å². The van der Waals surface area contributed by atoms with Crippen LogP contribution in [0.15, 0.2) is 60.8 Å². The first-order valence-electron chi connectivity index (χ1n) is 12.5. The van der Waals surface area contributed by atoms with Crippen LogP contribution >= 0.6 is 11.6 Å². The van der Waals surface area contributed by atoms with Gasteiger partial charge in [0.25, 0.3) is 0 Å². The van der Waals surface area contributed by atoms with Gasteiger partial charge in [-0.3, -0.25) is 4.90 Å². The molecule has 1 aromatic heterocycles. The van der Waals surface area contributed by atoms with E-state index >= 15 is 0 Å². The SMILES string of the molecule is CCN(Cc1cccc(Oc2ccc(Cl)cc2)c1)[C@@H]1CCN(c2nccc(C)c2C(=O)OC(C)C)C1. The quantitative estimate of drug-likeness (QED) is 0.308. The number of hydrogen-bond acceptors (Lipinski definition) is 6. The van der Waals surface area contributed by atoms with E-state index in [1.165, 1.54) is 5.56 Å². The molecule has 1 atom stereocenters. The lowest BCUT2D eigenvalue weighted by molar-refractivity contribution is 0.0377. The van der Waals surface area contributed by atoms with Crippen LogP contribution < -0.4 is 9.64 Å². The number of likely N-dealkylation sites (N-methyl/N-ethyl adjacent to an activating group) is 1. The largest absolute Gasteiger partial charge is 0.459 e. The van der Waals surface area contributed by atoms with Gasteiger partial charge in [-0.1, -0.05) is 30.7 Å². The van der Waals surface area contributed by atoms with E-state index in [-0.39, 0.29) is 12.1 Å². The van der Waals surface area contributed by atoms with Crippen LogP contribution in [0.1, 0.15) is 48.7 Å². The number of aryl methyl sites for hydroxylation is 1. The second-order valence-corrected chi connectivity index (χ2v) is 9.87. The summed E-state index contributed by atoms with van der Waals surface area (Å²) < 4.78 is 11.5. The summed E-state index contributed by atoms with van der Waals surface area (Å²) in [5, 5.41) is 0.685. The molecule has 7 heteroatoms. The first kappa shape index (κ1) is 26.0. The van der Waals surface area contributed by atoms with Crippen LogP contribution in [-0.2, 0) is 11.3 Å². The van der Waals surface area contributed by atoms with Gasteiger partial charge in [-0.15, -0.1) is 0 Å². The van der Waals surface area contributed by atoms with Crippen LogP contribution in [-0.4, -0.2) is 47.6 Å². The number of carbonyl (C=O) groups is 1. The fourth-order valence-corrected chi connectivity index (χ4v) is 4.75. The third-order valence-electron chi connectivity index (χ3n) is 6.41. The highest BCUT2D eigenvalue weighted by Crippen LogP contribution is 2.29. The van der Waals surface area contributed by atoms with E-state index in [9.17, 15) is 4.79 Å². The standard InChI is InChI=1S/C29H34ClN3O3/c1-5-32(18-22-7-6-8-26(17-22)36-25-11-9-23(30)10-12-25)24-14-16-33(19-24)28-27(21(4)13-15-31-28)29(34)35-20(2)3/h6-13,15,17,20,24H,5,14,16,18-19H2,1-4H3/t24-/m1/s1. The van der Waals surface area contributed by atoms with Crippen molar-refractivity contribution in [1.29, 1.82) is 0 Å². The Kier molecular flexibility index (Phi) is 8.49. The second kappa shape index (κ2) is 11.8. The van der Waals surface area contributed by atoms with Gasteiger partial charge in [0.2, 0.25) is 0 Å². The molecule has 0 spiro atoms. The molecule has 190 valence electrons. The summed E-state index contributed by atoms with van der Waals surface area (Å²) in [4.78, 5) is 22.1. The highest BCUT2D eigenvalue weighted by molar-refractivity contribution is 6.30. The highest BCUT2D eigenvalue weighted by Gasteiger charge is 2.31. The number of hydrogen-bond donors (Lipinski definition) is 0. The van der Waals surface area contributed by atoms with Crippen molar-refractivity contribution in [3.05, 3.63) is 82.5 Å². The molecule has 1 fully saturated rings. The van der Waals surface area contributed by atoms with Crippen LogP contribution in [0, 0.1) is 6.92 Å². The van der Waals surface area contributed by atoms with Gasteiger partial charge in [-0.25, -0.2) is 9.78 Å². The topological polar surface area (TPSA) is 54.9 Å². The molecule has 36 heavy (non-hydrogen) atoms. The summed E-state index contributed by atoms with van der Waals surface area (Å²) in [6.07, 6.45) is 2.60. The van der Waals surface area contributed by atoms with Crippen molar-refractivity contribution < 1.29 is 14.3 Å². The fraction of sp³-hybridized carbons (Fsp3) is 0.379. The number of halogens is 1. The zero-order valence-corrected chi connectivity index (χ0v) is 22.2. The lowest BCUT2D eigenvalue weighted by Crippen LogP contribution is -2.37. The van der Waals surface area contributed by atoms with Crippen molar-refractivity contribution in [2.75, 3.05) is 24.5 Å². The molecular formula is C29H34ClN3O3. The predicted octanol–water partition coefficient (Wildman–Crippen LogP) is 6.50. The van der Waals surface area contributed by atoms with Gasteiger partial charge in [-0.2, -0.15) is 0 Å². The van der Waals surface area contributed by atoms with Crippen molar-refractivity contribution >= 4 is 23.4 Å². The van der Waals surface area contributed by atoms with Gasteiger partial charge in [0.1, 0.15) is 22.9 Å². The first-order valence-corrected chi connectivity index (χ1v) is 12.9. The molecule has 1 aliphatic rings. The van der Waals surface area contributed by atoms with Crippen molar-refractivity contribution in [2.45, 2.75) is 52.8 Å². The fourth-order valence-electron chi connectivity index (χ4n) is 4.62. The van der Waals surface area contributed by atoms with Crippen LogP contribution in [0.25, 0.3) is 0 Å². The predicted molar refractivity (Wildman–Crippen MR) is 144 cm³/mol. The normalized spacial score (nSPS) is 15.5. The van der Waals surface area contributed by atoms with Gasteiger partial charge >= 0.3 is 5.97 Å².